The lowest BCUT2D eigenvalue weighted by Gasteiger charge is -2.32. The molecule has 1 fully saturated rings. The molecule has 31 heavy (non-hydrogen) atoms. The standard InChI is InChI=1S/C20H22FN5O5/c1-3-9-29-18-23-19(30-10-4-2)25-20(24-18)31-13-14-12-26(8-11-28-14)17(27)15-6-5-7-22-16(15)21/h3-7,14H,1-2,8-13H2. The first kappa shape index (κ1) is 22.1. The quantitative estimate of drug-likeness (QED) is 0.408. The van der Waals surface area contributed by atoms with Crippen molar-refractivity contribution in [3.05, 3.63) is 55.2 Å². The fraction of sp³-hybridized carbons (Fsp3) is 0.350. The first-order chi connectivity index (χ1) is 15.1. The first-order valence-corrected chi connectivity index (χ1v) is 9.48. The topological polar surface area (TPSA) is 109 Å². The SMILES string of the molecule is C=CCOc1nc(OCC=C)nc(OCC2CN(C(=O)c3cccnc3F)CCO2)n1. The largest absolute Gasteiger partial charge is 0.460 e. The van der Waals surface area contributed by atoms with Gasteiger partial charge in [-0.15, -0.1) is 15.0 Å². The van der Waals surface area contributed by atoms with Crippen molar-refractivity contribution in [3.63, 3.8) is 0 Å². The highest BCUT2D eigenvalue weighted by Gasteiger charge is 2.27. The predicted molar refractivity (Wildman–Crippen MR) is 107 cm³/mol. The summed E-state index contributed by atoms with van der Waals surface area (Å²) in [5.41, 5.74) is -0.0884. The number of morpholine rings is 1. The number of hydrogen-bond donors (Lipinski definition) is 0. The molecule has 0 spiro atoms. The summed E-state index contributed by atoms with van der Waals surface area (Å²) >= 11 is 0. The molecule has 3 rings (SSSR count). The molecule has 2 aromatic heterocycles. The average Bonchev–Trinajstić information content (AvgIpc) is 2.80. The lowest BCUT2D eigenvalue weighted by atomic mass is 10.2. The Morgan fingerprint density at radius 1 is 1.16 bits per heavy atom. The molecule has 0 bridgehead atoms. The van der Waals surface area contributed by atoms with E-state index in [2.05, 4.69) is 33.1 Å². The minimum absolute atomic E-state index is 0.0115. The summed E-state index contributed by atoms with van der Waals surface area (Å²) in [7, 11) is 0. The number of pyridine rings is 1. The summed E-state index contributed by atoms with van der Waals surface area (Å²) in [6, 6.07) is 2.90. The van der Waals surface area contributed by atoms with Gasteiger partial charge in [0.25, 0.3) is 5.91 Å². The maximum absolute atomic E-state index is 13.8. The van der Waals surface area contributed by atoms with E-state index in [0.29, 0.717) is 6.54 Å². The molecule has 0 saturated carbocycles. The van der Waals surface area contributed by atoms with Crippen molar-refractivity contribution in [3.8, 4) is 18.0 Å². The van der Waals surface area contributed by atoms with E-state index in [9.17, 15) is 9.18 Å². The van der Waals surface area contributed by atoms with Crippen LogP contribution in [0.4, 0.5) is 4.39 Å². The van der Waals surface area contributed by atoms with Crippen LogP contribution >= 0.6 is 0 Å². The Labute approximate surface area is 178 Å². The molecule has 1 unspecified atom stereocenters. The molecule has 1 aliphatic heterocycles. The molecular formula is C20H22FN5O5. The van der Waals surface area contributed by atoms with E-state index < -0.39 is 18.0 Å². The molecule has 2 aromatic rings. The Morgan fingerprint density at radius 3 is 2.42 bits per heavy atom. The number of ether oxygens (including phenoxy) is 4. The van der Waals surface area contributed by atoms with Gasteiger partial charge in [0.05, 0.1) is 18.7 Å². The number of amides is 1. The molecule has 11 heteroatoms. The number of carbonyl (C=O) groups excluding carboxylic acids is 1. The molecule has 1 atom stereocenters. The number of halogens is 1. The average molecular weight is 431 g/mol. The van der Waals surface area contributed by atoms with Gasteiger partial charge in [0.2, 0.25) is 5.95 Å². The van der Waals surface area contributed by atoms with Gasteiger partial charge in [0, 0.05) is 12.7 Å². The van der Waals surface area contributed by atoms with Crippen LogP contribution in [0.15, 0.2) is 43.6 Å². The van der Waals surface area contributed by atoms with Gasteiger partial charge < -0.3 is 23.8 Å². The molecule has 1 amide bonds. The van der Waals surface area contributed by atoms with Crippen molar-refractivity contribution in [1.82, 2.24) is 24.8 Å². The van der Waals surface area contributed by atoms with Crippen LogP contribution in [0.1, 0.15) is 10.4 Å². The second-order valence-corrected chi connectivity index (χ2v) is 6.28. The fourth-order valence-electron chi connectivity index (χ4n) is 2.67. The summed E-state index contributed by atoms with van der Waals surface area (Å²) in [6.07, 6.45) is 3.91. The van der Waals surface area contributed by atoms with Gasteiger partial charge in [-0.1, -0.05) is 25.3 Å². The van der Waals surface area contributed by atoms with E-state index >= 15 is 0 Å². The Balaban J connectivity index is 1.63. The minimum Gasteiger partial charge on any atom is -0.460 e. The molecule has 1 saturated heterocycles. The summed E-state index contributed by atoms with van der Waals surface area (Å²) in [5, 5.41) is 0. The number of nitrogens with zero attached hydrogens (tertiary/aromatic N) is 5. The van der Waals surface area contributed by atoms with Crippen molar-refractivity contribution in [1.29, 1.82) is 0 Å². The minimum atomic E-state index is -0.809. The van der Waals surface area contributed by atoms with E-state index in [1.807, 2.05) is 0 Å². The van der Waals surface area contributed by atoms with Crippen molar-refractivity contribution < 1.29 is 28.1 Å². The second kappa shape index (κ2) is 11.0. The van der Waals surface area contributed by atoms with Gasteiger partial charge in [-0.2, -0.15) is 4.39 Å². The highest BCUT2D eigenvalue weighted by atomic mass is 19.1. The van der Waals surface area contributed by atoms with Crippen LogP contribution in [0, 0.1) is 5.95 Å². The number of aromatic nitrogens is 4. The normalized spacial score (nSPS) is 15.8. The highest BCUT2D eigenvalue weighted by Crippen LogP contribution is 2.17. The Hall–Kier alpha value is -3.60. The van der Waals surface area contributed by atoms with Crippen molar-refractivity contribution in [2.24, 2.45) is 0 Å². The monoisotopic (exact) mass is 431 g/mol. The van der Waals surface area contributed by atoms with E-state index in [0.717, 1.165) is 0 Å². The number of hydrogen-bond acceptors (Lipinski definition) is 9. The highest BCUT2D eigenvalue weighted by molar-refractivity contribution is 5.94. The van der Waals surface area contributed by atoms with Gasteiger partial charge in [0.1, 0.15) is 25.9 Å². The summed E-state index contributed by atoms with van der Waals surface area (Å²) in [5.74, 6) is -1.27. The maximum Gasteiger partial charge on any atom is 0.326 e. The van der Waals surface area contributed by atoms with Gasteiger partial charge in [-0.3, -0.25) is 4.79 Å². The second-order valence-electron chi connectivity index (χ2n) is 6.28. The van der Waals surface area contributed by atoms with Crippen LogP contribution in [-0.2, 0) is 4.74 Å². The van der Waals surface area contributed by atoms with Crippen LogP contribution in [0.2, 0.25) is 0 Å². The van der Waals surface area contributed by atoms with Crippen molar-refractivity contribution in [2.45, 2.75) is 6.10 Å². The van der Waals surface area contributed by atoms with Gasteiger partial charge in [0.15, 0.2) is 0 Å². The third kappa shape index (κ3) is 6.19. The van der Waals surface area contributed by atoms with Crippen LogP contribution in [-0.4, -0.2) is 76.4 Å². The van der Waals surface area contributed by atoms with Crippen LogP contribution in [0.25, 0.3) is 0 Å². The van der Waals surface area contributed by atoms with Crippen LogP contribution < -0.4 is 14.2 Å². The lowest BCUT2D eigenvalue weighted by Crippen LogP contribution is -2.47. The van der Waals surface area contributed by atoms with Gasteiger partial charge in [-0.25, -0.2) is 4.98 Å². The zero-order chi connectivity index (χ0) is 22.1. The first-order valence-electron chi connectivity index (χ1n) is 9.48. The van der Waals surface area contributed by atoms with E-state index in [4.69, 9.17) is 18.9 Å². The van der Waals surface area contributed by atoms with E-state index in [1.165, 1.54) is 23.2 Å². The Morgan fingerprint density at radius 2 is 1.81 bits per heavy atom. The maximum atomic E-state index is 13.8. The van der Waals surface area contributed by atoms with Crippen molar-refractivity contribution >= 4 is 5.91 Å². The van der Waals surface area contributed by atoms with Gasteiger partial charge >= 0.3 is 18.0 Å². The Kier molecular flexibility index (Phi) is 7.82. The van der Waals surface area contributed by atoms with E-state index in [1.54, 1.807) is 12.2 Å². The zero-order valence-electron chi connectivity index (χ0n) is 16.8. The van der Waals surface area contributed by atoms with E-state index in [-0.39, 0.29) is 56.6 Å². The third-order valence-electron chi connectivity index (χ3n) is 4.05. The molecule has 0 radical (unpaired) electrons. The Bertz CT molecular complexity index is 898. The van der Waals surface area contributed by atoms with Gasteiger partial charge in [-0.05, 0) is 12.1 Å². The number of carbonyl (C=O) groups is 1. The van der Waals surface area contributed by atoms with Crippen molar-refractivity contribution in [2.75, 3.05) is 39.5 Å². The summed E-state index contributed by atoms with van der Waals surface area (Å²) in [4.78, 5) is 29.7. The molecule has 164 valence electrons. The smallest absolute Gasteiger partial charge is 0.326 e. The third-order valence-corrected chi connectivity index (χ3v) is 4.05. The lowest BCUT2D eigenvalue weighted by molar-refractivity contribution is -0.0416. The zero-order valence-corrected chi connectivity index (χ0v) is 16.8. The molecule has 1 aliphatic rings. The van der Waals surface area contributed by atoms with Crippen LogP contribution in [0.5, 0.6) is 18.0 Å². The molecule has 3 heterocycles. The fourth-order valence-corrected chi connectivity index (χ4v) is 2.67. The van der Waals surface area contributed by atoms with Crippen LogP contribution in [0.3, 0.4) is 0 Å². The molecule has 0 aliphatic carbocycles. The summed E-state index contributed by atoms with van der Waals surface area (Å²) in [6.45, 7) is 8.38. The predicted octanol–water partition coefficient (Wildman–Crippen LogP) is 1.46. The molecule has 0 N–H and O–H groups in total. The molecule has 0 aromatic carbocycles. The molecule has 10 nitrogen and oxygen atoms in total. The summed E-state index contributed by atoms with van der Waals surface area (Å²) < 4.78 is 35.8. The number of rotatable bonds is 10. The molecular weight excluding hydrogens is 409 g/mol.